The number of rotatable bonds is 2. The highest BCUT2D eigenvalue weighted by atomic mass is 16.3. The molecular weight excluding hydrogens is 208 g/mol. The van der Waals surface area contributed by atoms with E-state index in [0.717, 1.165) is 5.56 Å². The van der Waals surface area contributed by atoms with Crippen molar-refractivity contribution >= 4 is 0 Å². The van der Waals surface area contributed by atoms with Gasteiger partial charge in [0.1, 0.15) is 0 Å². The van der Waals surface area contributed by atoms with Gasteiger partial charge in [0, 0.05) is 0 Å². The zero-order chi connectivity index (χ0) is 11.7. The molecule has 1 saturated carbocycles. The third kappa shape index (κ3) is 2.26. The van der Waals surface area contributed by atoms with Crippen LogP contribution in [0.3, 0.4) is 0 Å². The predicted molar refractivity (Wildman–Crippen MR) is 70.0 cm³/mol. The van der Waals surface area contributed by atoms with E-state index in [4.69, 9.17) is 0 Å². The number of aryl methyl sites for hydroxylation is 2. The molecule has 0 saturated heterocycles. The predicted octanol–water partition coefficient (Wildman–Crippen LogP) is 3.79. The van der Waals surface area contributed by atoms with Crippen LogP contribution in [0.4, 0.5) is 0 Å². The average Bonchev–Trinajstić information content (AvgIpc) is 2.91. The smallest absolute Gasteiger partial charge is 0.0818 e. The van der Waals surface area contributed by atoms with Crippen molar-refractivity contribution in [2.75, 3.05) is 0 Å². The minimum atomic E-state index is -0.218. The number of benzene rings is 1. The molecular formula is C16H22O. The molecule has 0 spiro atoms. The highest BCUT2D eigenvalue weighted by Crippen LogP contribution is 2.36. The van der Waals surface area contributed by atoms with Gasteiger partial charge in [-0.15, -0.1) is 0 Å². The lowest BCUT2D eigenvalue weighted by molar-refractivity contribution is 0.111. The van der Waals surface area contributed by atoms with Gasteiger partial charge in [0.2, 0.25) is 0 Å². The van der Waals surface area contributed by atoms with Crippen LogP contribution >= 0.6 is 0 Å². The van der Waals surface area contributed by atoms with Gasteiger partial charge in [-0.3, -0.25) is 0 Å². The Labute approximate surface area is 104 Å². The van der Waals surface area contributed by atoms with E-state index in [1.165, 1.54) is 62.5 Å². The molecule has 0 aromatic heterocycles. The van der Waals surface area contributed by atoms with Crippen molar-refractivity contribution in [2.24, 2.45) is 5.92 Å². The van der Waals surface area contributed by atoms with Gasteiger partial charge < -0.3 is 5.11 Å². The summed E-state index contributed by atoms with van der Waals surface area (Å²) in [5, 5.41) is 10.4. The molecule has 1 unspecified atom stereocenters. The first-order valence-corrected chi connectivity index (χ1v) is 7.14. The number of aliphatic hydroxyl groups excluding tert-OH is 1. The van der Waals surface area contributed by atoms with Crippen LogP contribution in [0, 0.1) is 5.92 Å². The standard InChI is InChI=1S/C16H22O/c17-16(13-6-2-3-7-13)15-10-9-12-5-1-4-8-14(12)11-15/h9-11,13,16-17H,1-8H2. The van der Waals surface area contributed by atoms with Gasteiger partial charge in [-0.2, -0.15) is 0 Å². The molecule has 3 rings (SSSR count). The third-order valence-corrected chi connectivity index (χ3v) is 4.56. The molecule has 17 heavy (non-hydrogen) atoms. The number of hydrogen-bond acceptors (Lipinski definition) is 1. The van der Waals surface area contributed by atoms with Crippen LogP contribution in [-0.4, -0.2) is 5.11 Å². The molecule has 2 aliphatic rings. The molecule has 92 valence electrons. The van der Waals surface area contributed by atoms with E-state index < -0.39 is 0 Å². The van der Waals surface area contributed by atoms with Crippen LogP contribution in [0.5, 0.6) is 0 Å². The van der Waals surface area contributed by atoms with Crippen LogP contribution < -0.4 is 0 Å². The fourth-order valence-corrected chi connectivity index (χ4v) is 3.48. The normalized spacial score (nSPS) is 22.4. The summed E-state index contributed by atoms with van der Waals surface area (Å²) in [6.07, 6.45) is 9.88. The zero-order valence-electron chi connectivity index (χ0n) is 10.5. The Morgan fingerprint density at radius 2 is 1.65 bits per heavy atom. The van der Waals surface area contributed by atoms with E-state index in [-0.39, 0.29) is 6.10 Å². The minimum Gasteiger partial charge on any atom is -0.388 e. The topological polar surface area (TPSA) is 20.2 Å². The average molecular weight is 230 g/mol. The van der Waals surface area contributed by atoms with Gasteiger partial charge in [-0.05, 0) is 61.1 Å². The van der Waals surface area contributed by atoms with Crippen LogP contribution in [0.1, 0.15) is 61.3 Å². The lowest BCUT2D eigenvalue weighted by Crippen LogP contribution is -2.11. The summed E-state index contributed by atoms with van der Waals surface area (Å²) in [7, 11) is 0. The molecule has 1 heteroatoms. The molecule has 1 N–H and O–H groups in total. The first-order chi connectivity index (χ1) is 8.34. The molecule has 1 fully saturated rings. The molecule has 0 radical (unpaired) electrons. The van der Waals surface area contributed by atoms with E-state index in [0.29, 0.717) is 5.92 Å². The van der Waals surface area contributed by atoms with Crippen molar-refractivity contribution in [3.8, 4) is 0 Å². The number of aliphatic hydroxyl groups is 1. The van der Waals surface area contributed by atoms with E-state index in [9.17, 15) is 5.11 Å². The maximum atomic E-state index is 10.4. The highest BCUT2D eigenvalue weighted by Gasteiger charge is 2.25. The van der Waals surface area contributed by atoms with Gasteiger partial charge >= 0.3 is 0 Å². The van der Waals surface area contributed by atoms with Crippen LogP contribution in [-0.2, 0) is 12.8 Å². The molecule has 0 bridgehead atoms. The maximum absolute atomic E-state index is 10.4. The summed E-state index contributed by atoms with van der Waals surface area (Å²) in [5.74, 6) is 0.511. The molecule has 0 aliphatic heterocycles. The summed E-state index contributed by atoms with van der Waals surface area (Å²) >= 11 is 0. The Hall–Kier alpha value is -0.820. The zero-order valence-corrected chi connectivity index (χ0v) is 10.5. The quantitative estimate of drug-likeness (QED) is 0.819. The second kappa shape index (κ2) is 4.81. The van der Waals surface area contributed by atoms with Gasteiger partial charge in [0.05, 0.1) is 6.10 Å². The molecule has 1 atom stereocenters. The third-order valence-electron chi connectivity index (χ3n) is 4.56. The Morgan fingerprint density at radius 1 is 0.941 bits per heavy atom. The minimum absolute atomic E-state index is 0.218. The van der Waals surface area contributed by atoms with Crippen molar-refractivity contribution in [1.82, 2.24) is 0 Å². The van der Waals surface area contributed by atoms with Crippen molar-refractivity contribution in [2.45, 2.75) is 57.5 Å². The molecule has 1 nitrogen and oxygen atoms in total. The SMILES string of the molecule is OC(c1ccc2c(c1)CCCC2)C1CCCC1. The van der Waals surface area contributed by atoms with Crippen molar-refractivity contribution < 1.29 is 5.11 Å². The van der Waals surface area contributed by atoms with E-state index >= 15 is 0 Å². The van der Waals surface area contributed by atoms with Crippen molar-refractivity contribution in [3.63, 3.8) is 0 Å². The summed E-state index contributed by atoms with van der Waals surface area (Å²) < 4.78 is 0. The first kappa shape index (κ1) is 11.3. The highest BCUT2D eigenvalue weighted by molar-refractivity contribution is 5.35. The second-order valence-electron chi connectivity index (χ2n) is 5.72. The molecule has 1 aromatic carbocycles. The molecule has 1 aromatic rings. The Balaban J connectivity index is 1.82. The van der Waals surface area contributed by atoms with Crippen LogP contribution in [0.25, 0.3) is 0 Å². The maximum Gasteiger partial charge on any atom is 0.0818 e. The van der Waals surface area contributed by atoms with Crippen LogP contribution in [0.15, 0.2) is 18.2 Å². The van der Waals surface area contributed by atoms with Crippen molar-refractivity contribution in [1.29, 1.82) is 0 Å². The van der Waals surface area contributed by atoms with Crippen molar-refractivity contribution in [3.05, 3.63) is 34.9 Å². The molecule has 0 heterocycles. The second-order valence-corrected chi connectivity index (χ2v) is 5.72. The largest absolute Gasteiger partial charge is 0.388 e. The fraction of sp³-hybridized carbons (Fsp3) is 0.625. The first-order valence-electron chi connectivity index (χ1n) is 7.14. The monoisotopic (exact) mass is 230 g/mol. The van der Waals surface area contributed by atoms with E-state index in [2.05, 4.69) is 18.2 Å². The molecule has 2 aliphatic carbocycles. The number of hydrogen-bond donors (Lipinski definition) is 1. The summed E-state index contributed by atoms with van der Waals surface area (Å²) in [4.78, 5) is 0. The summed E-state index contributed by atoms with van der Waals surface area (Å²) in [6.45, 7) is 0. The summed E-state index contributed by atoms with van der Waals surface area (Å²) in [6, 6.07) is 6.69. The lowest BCUT2D eigenvalue weighted by Gasteiger charge is -2.21. The molecule has 0 amide bonds. The van der Waals surface area contributed by atoms with Crippen LogP contribution in [0.2, 0.25) is 0 Å². The summed E-state index contributed by atoms with van der Waals surface area (Å²) in [5.41, 5.74) is 4.17. The Kier molecular flexibility index (Phi) is 3.19. The van der Waals surface area contributed by atoms with E-state index in [1.807, 2.05) is 0 Å². The Bertz CT molecular complexity index is 391. The van der Waals surface area contributed by atoms with Gasteiger partial charge in [0.25, 0.3) is 0 Å². The van der Waals surface area contributed by atoms with Gasteiger partial charge in [-0.1, -0.05) is 31.0 Å². The van der Waals surface area contributed by atoms with Gasteiger partial charge in [-0.25, -0.2) is 0 Å². The number of fused-ring (bicyclic) bond motifs is 1. The fourth-order valence-electron chi connectivity index (χ4n) is 3.48. The van der Waals surface area contributed by atoms with Gasteiger partial charge in [0.15, 0.2) is 0 Å². The van der Waals surface area contributed by atoms with E-state index in [1.54, 1.807) is 0 Å². The lowest BCUT2D eigenvalue weighted by atomic mass is 9.87. The Morgan fingerprint density at radius 3 is 2.41 bits per heavy atom.